The Morgan fingerprint density at radius 3 is 2.62 bits per heavy atom. The molecule has 5 nitrogen and oxygen atoms in total. The lowest BCUT2D eigenvalue weighted by atomic mass is 10.1. The highest BCUT2D eigenvalue weighted by atomic mass is 32.1. The van der Waals surface area contributed by atoms with E-state index in [2.05, 4.69) is 5.32 Å². The third-order valence-corrected chi connectivity index (χ3v) is 5.18. The van der Waals surface area contributed by atoms with Gasteiger partial charge in [-0.15, -0.1) is 11.3 Å². The summed E-state index contributed by atoms with van der Waals surface area (Å²) in [6, 6.07) is 9.89. The van der Waals surface area contributed by atoms with Gasteiger partial charge in [0.05, 0.1) is 13.2 Å². The molecule has 0 fully saturated rings. The molecular weight excluding hydrogens is 348 g/mol. The van der Waals surface area contributed by atoms with E-state index in [4.69, 9.17) is 9.47 Å². The minimum Gasteiger partial charge on any atom is -0.490 e. The van der Waals surface area contributed by atoms with Crippen molar-refractivity contribution in [3.8, 4) is 11.5 Å². The summed E-state index contributed by atoms with van der Waals surface area (Å²) in [4.78, 5) is 13.6. The highest BCUT2D eigenvalue weighted by molar-refractivity contribution is 7.16. The van der Waals surface area contributed by atoms with E-state index < -0.39 is 0 Å². The second-order valence-electron chi connectivity index (χ2n) is 5.92. The molecule has 0 spiro atoms. The third kappa shape index (κ3) is 3.85. The van der Waals surface area contributed by atoms with Crippen LogP contribution in [0.25, 0.3) is 10.2 Å². The zero-order valence-electron chi connectivity index (χ0n) is 15.4. The number of rotatable bonds is 8. The van der Waals surface area contributed by atoms with Crippen LogP contribution in [0.3, 0.4) is 0 Å². The lowest BCUT2D eigenvalue weighted by molar-refractivity contribution is 0.0946. The van der Waals surface area contributed by atoms with Gasteiger partial charge >= 0.3 is 0 Å². The number of ether oxygens (including phenoxy) is 2. The van der Waals surface area contributed by atoms with Gasteiger partial charge in [0.1, 0.15) is 10.5 Å². The molecule has 0 atom stereocenters. The Hall–Kier alpha value is -2.47. The van der Waals surface area contributed by atoms with Gasteiger partial charge in [-0.1, -0.05) is 6.07 Å². The normalized spacial score (nSPS) is 10.9. The molecule has 0 saturated carbocycles. The number of hydrogen-bond acceptors (Lipinski definition) is 4. The predicted molar refractivity (Wildman–Crippen MR) is 106 cm³/mol. The van der Waals surface area contributed by atoms with Crippen LogP contribution in [-0.2, 0) is 13.5 Å². The van der Waals surface area contributed by atoms with Crippen molar-refractivity contribution in [3.63, 3.8) is 0 Å². The van der Waals surface area contributed by atoms with E-state index in [1.54, 1.807) is 11.3 Å². The largest absolute Gasteiger partial charge is 0.490 e. The highest BCUT2D eigenvalue weighted by Crippen LogP contribution is 2.28. The first-order valence-corrected chi connectivity index (χ1v) is 9.71. The molecular formula is C20H24N2O3S. The van der Waals surface area contributed by atoms with Gasteiger partial charge in [0.2, 0.25) is 0 Å². The fraction of sp³-hybridized carbons (Fsp3) is 0.350. The molecule has 1 aromatic carbocycles. The van der Waals surface area contributed by atoms with E-state index in [0.717, 1.165) is 33.7 Å². The number of carbonyl (C=O) groups excluding carboxylic acids is 1. The van der Waals surface area contributed by atoms with E-state index in [9.17, 15) is 4.79 Å². The van der Waals surface area contributed by atoms with Gasteiger partial charge in [0, 0.05) is 19.0 Å². The smallest absolute Gasteiger partial charge is 0.267 e. The van der Waals surface area contributed by atoms with Gasteiger partial charge in [0.15, 0.2) is 11.5 Å². The Kier molecular flexibility index (Phi) is 5.83. The average Bonchev–Trinajstić information content (AvgIpc) is 3.20. The maximum atomic E-state index is 12.5. The molecule has 1 amide bonds. The van der Waals surface area contributed by atoms with E-state index in [1.807, 2.05) is 61.2 Å². The first-order chi connectivity index (χ1) is 12.6. The van der Waals surface area contributed by atoms with Gasteiger partial charge in [-0.3, -0.25) is 4.79 Å². The Balaban J connectivity index is 1.62. The fourth-order valence-electron chi connectivity index (χ4n) is 2.93. The molecule has 2 heterocycles. The van der Waals surface area contributed by atoms with Crippen molar-refractivity contribution >= 4 is 27.5 Å². The number of fused-ring (bicyclic) bond motifs is 1. The predicted octanol–water partition coefficient (Wildman–Crippen LogP) is 4.01. The molecule has 0 aliphatic carbocycles. The third-order valence-electron chi connectivity index (χ3n) is 4.17. The number of aromatic nitrogens is 1. The van der Waals surface area contributed by atoms with Crippen molar-refractivity contribution in [1.29, 1.82) is 0 Å². The van der Waals surface area contributed by atoms with Gasteiger partial charge in [-0.05, 0) is 55.5 Å². The standard InChI is InChI=1S/C20H24N2O3S/c1-4-24-17-7-6-14(12-18(17)25-5-2)8-10-21-19(23)16-13-15-9-11-26-20(15)22(16)3/h6-7,9,11-13H,4-5,8,10H2,1-3H3,(H,21,23). The number of thiophene rings is 1. The van der Waals surface area contributed by atoms with Crippen molar-refractivity contribution in [2.24, 2.45) is 7.05 Å². The highest BCUT2D eigenvalue weighted by Gasteiger charge is 2.14. The second-order valence-corrected chi connectivity index (χ2v) is 6.82. The number of aryl methyl sites for hydroxylation is 1. The van der Waals surface area contributed by atoms with Gasteiger partial charge in [-0.25, -0.2) is 0 Å². The lowest BCUT2D eigenvalue weighted by Gasteiger charge is -2.12. The SMILES string of the molecule is CCOc1ccc(CCNC(=O)c2cc3ccsc3n2C)cc1OCC. The summed E-state index contributed by atoms with van der Waals surface area (Å²) in [5.74, 6) is 1.46. The average molecular weight is 372 g/mol. The first kappa shape index (κ1) is 18.3. The summed E-state index contributed by atoms with van der Waals surface area (Å²) in [5.41, 5.74) is 1.79. The van der Waals surface area contributed by atoms with E-state index >= 15 is 0 Å². The topological polar surface area (TPSA) is 52.5 Å². The zero-order chi connectivity index (χ0) is 18.5. The number of benzene rings is 1. The molecule has 0 radical (unpaired) electrons. The number of nitrogens with zero attached hydrogens (tertiary/aromatic N) is 1. The van der Waals surface area contributed by atoms with Crippen LogP contribution in [0, 0.1) is 0 Å². The molecule has 2 aromatic heterocycles. The molecule has 1 N–H and O–H groups in total. The van der Waals surface area contributed by atoms with E-state index in [1.165, 1.54) is 0 Å². The van der Waals surface area contributed by atoms with Crippen LogP contribution < -0.4 is 14.8 Å². The minimum absolute atomic E-state index is 0.0492. The van der Waals surface area contributed by atoms with Gasteiger partial charge < -0.3 is 19.4 Å². The molecule has 3 rings (SSSR count). The summed E-state index contributed by atoms with van der Waals surface area (Å²) >= 11 is 1.64. The monoisotopic (exact) mass is 372 g/mol. The quantitative estimate of drug-likeness (QED) is 0.650. The zero-order valence-corrected chi connectivity index (χ0v) is 16.2. The van der Waals surface area contributed by atoms with Crippen LogP contribution in [-0.4, -0.2) is 30.2 Å². The Bertz CT molecular complexity index is 898. The molecule has 0 aliphatic heterocycles. The summed E-state index contributed by atoms with van der Waals surface area (Å²) in [6.07, 6.45) is 0.733. The van der Waals surface area contributed by atoms with Crippen molar-refractivity contribution in [2.75, 3.05) is 19.8 Å². The van der Waals surface area contributed by atoms with Gasteiger partial charge in [-0.2, -0.15) is 0 Å². The van der Waals surface area contributed by atoms with Crippen LogP contribution in [0.15, 0.2) is 35.7 Å². The van der Waals surface area contributed by atoms with Crippen LogP contribution >= 0.6 is 11.3 Å². The van der Waals surface area contributed by atoms with Crippen LogP contribution in [0.2, 0.25) is 0 Å². The van der Waals surface area contributed by atoms with Gasteiger partial charge in [0.25, 0.3) is 5.91 Å². The fourth-order valence-corrected chi connectivity index (χ4v) is 3.79. The molecule has 3 aromatic rings. The van der Waals surface area contributed by atoms with E-state index in [0.29, 0.717) is 25.5 Å². The number of hydrogen-bond donors (Lipinski definition) is 1. The molecule has 0 saturated heterocycles. The Labute approximate surface area is 157 Å². The lowest BCUT2D eigenvalue weighted by Crippen LogP contribution is -2.27. The van der Waals surface area contributed by atoms with Crippen molar-refractivity contribution in [2.45, 2.75) is 20.3 Å². The number of carbonyl (C=O) groups is 1. The van der Waals surface area contributed by atoms with Crippen molar-refractivity contribution in [1.82, 2.24) is 9.88 Å². The van der Waals surface area contributed by atoms with Crippen molar-refractivity contribution < 1.29 is 14.3 Å². The van der Waals surface area contributed by atoms with Crippen LogP contribution in [0.4, 0.5) is 0 Å². The summed E-state index contributed by atoms with van der Waals surface area (Å²) in [7, 11) is 1.93. The second kappa shape index (κ2) is 8.27. The molecule has 26 heavy (non-hydrogen) atoms. The maximum Gasteiger partial charge on any atom is 0.267 e. The van der Waals surface area contributed by atoms with Crippen molar-refractivity contribution in [3.05, 3.63) is 47.0 Å². The molecule has 0 aliphatic rings. The number of nitrogens with one attached hydrogen (secondary N) is 1. The number of amides is 1. The van der Waals surface area contributed by atoms with Crippen LogP contribution in [0.5, 0.6) is 11.5 Å². The minimum atomic E-state index is -0.0492. The Morgan fingerprint density at radius 2 is 1.88 bits per heavy atom. The molecule has 138 valence electrons. The molecule has 6 heteroatoms. The summed E-state index contributed by atoms with van der Waals surface area (Å²) < 4.78 is 13.2. The summed E-state index contributed by atoms with van der Waals surface area (Å²) in [5, 5.41) is 6.15. The Morgan fingerprint density at radius 1 is 1.12 bits per heavy atom. The van der Waals surface area contributed by atoms with E-state index in [-0.39, 0.29) is 5.91 Å². The maximum absolute atomic E-state index is 12.5. The van der Waals surface area contributed by atoms with Crippen LogP contribution in [0.1, 0.15) is 29.9 Å². The summed E-state index contributed by atoms with van der Waals surface area (Å²) in [6.45, 7) is 5.66. The molecule has 0 bridgehead atoms. The molecule has 0 unspecified atom stereocenters. The first-order valence-electron chi connectivity index (χ1n) is 8.83.